The molecule has 1 N–H and O–H groups in total. The number of ether oxygens (including phenoxy) is 1. The van der Waals surface area contributed by atoms with Crippen molar-refractivity contribution in [2.24, 2.45) is 0 Å². The highest BCUT2D eigenvalue weighted by Gasteiger charge is 2.41. The van der Waals surface area contributed by atoms with Gasteiger partial charge in [-0.25, -0.2) is 0 Å². The van der Waals surface area contributed by atoms with Crippen molar-refractivity contribution in [2.45, 2.75) is 64.0 Å². The second-order valence-corrected chi connectivity index (χ2v) is 5.95. The molecule has 0 radical (unpaired) electrons. The van der Waals surface area contributed by atoms with E-state index in [1.807, 2.05) is 19.5 Å². The van der Waals surface area contributed by atoms with Crippen LogP contribution in [-0.4, -0.2) is 24.2 Å². The summed E-state index contributed by atoms with van der Waals surface area (Å²) in [6, 6.07) is 2.35. The molecule has 0 bridgehead atoms. The van der Waals surface area contributed by atoms with Crippen molar-refractivity contribution in [1.29, 1.82) is 0 Å². The predicted molar refractivity (Wildman–Crippen MR) is 82.8 cm³/mol. The molecule has 0 aliphatic heterocycles. The molecular weight excluding hydrogens is 248 g/mol. The van der Waals surface area contributed by atoms with Gasteiger partial charge in [0.15, 0.2) is 0 Å². The average Bonchev–Trinajstić information content (AvgIpc) is 2.50. The monoisotopic (exact) mass is 276 g/mol. The molecule has 1 unspecified atom stereocenters. The normalized spacial score (nSPS) is 19.8. The number of hydrogen-bond donors (Lipinski definition) is 1. The highest BCUT2D eigenvalue weighted by molar-refractivity contribution is 5.28. The minimum atomic E-state index is -0.0682. The van der Waals surface area contributed by atoms with E-state index in [0.717, 1.165) is 25.8 Å². The maximum Gasteiger partial charge on any atom is 0.0873 e. The number of hydrogen-bond acceptors (Lipinski definition) is 3. The fourth-order valence-corrected chi connectivity index (χ4v) is 3.41. The summed E-state index contributed by atoms with van der Waals surface area (Å²) < 4.78 is 6.06. The van der Waals surface area contributed by atoms with E-state index in [-0.39, 0.29) is 11.6 Å². The first-order chi connectivity index (χ1) is 9.73. The van der Waals surface area contributed by atoms with Gasteiger partial charge in [-0.2, -0.15) is 0 Å². The third kappa shape index (κ3) is 3.21. The second-order valence-electron chi connectivity index (χ2n) is 5.95. The molecule has 2 rings (SSSR count). The van der Waals surface area contributed by atoms with Gasteiger partial charge in [-0.1, -0.05) is 26.2 Å². The fourth-order valence-electron chi connectivity index (χ4n) is 3.41. The molecule has 0 saturated heterocycles. The van der Waals surface area contributed by atoms with Crippen molar-refractivity contribution in [3.63, 3.8) is 0 Å². The van der Waals surface area contributed by atoms with E-state index in [1.54, 1.807) is 0 Å². The van der Waals surface area contributed by atoms with E-state index in [9.17, 15) is 0 Å². The molecule has 0 amide bonds. The van der Waals surface area contributed by atoms with E-state index in [1.165, 1.54) is 30.4 Å². The number of rotatable bonds is 6. The Kier molecular flexibility index (Phi) is 5.55. The van der Waals surface area contributed by atoms with E-state index < -0.39 is 0 Å². The number of methoxy groups -OCH3 is 1. The molecule has 1 heterocycles. The molecular formula is C17H28N2O. The highest BCUT2D eigenvalue weighted by Crippen LogP contribution is 2.41. The van der Waals surface area contributed by atoms with Gasteiger partial charge >= 0.3 is 0 Å². The van der Waals surface area contributed by atoms with E-state index in [4.69, 9.17) is 4.74 Å². The summed E-state index contributed by atoms with van der Waals surface area (Å²) >= 11 is 0. The zero-order valence-electron chi connectivity index (χ0n) is 13.1. The molecule has 1 aromatic heterocycles. The van der Waals surface area contributed by atoms with Gasteiger partial charge in [0, 0.05) is 19.5 Å². The minimum Gasteiger partial charge on any atom is -0.376 e. The van der Waals surface area contributed by atoms with Crippen LogP contribution in [0.15, 0.2) is 18.5 Å². The van der Waals surface area contributed by atoms with Crippen molar-refractivity contribution in [1.82, 2.24) is 10.3 Å². The topological polar surface area (TPSA) is 34.2 Å². The van der Waals surface area contributed by atoms with Gasteiger partial charge in [0.2, 0.25) is 0 Å². The van der Waals surface area contributed by atoms with Crippen molar-refractivity contribution in [3.05, 3.63) is 29.6 Å². The number of nitrogens with zero attached hydrogens (tertiary/aromatic N) is 1. The van der Waals surface area contributed by atoms with Gasteiger partial charge in [-0.3, -0.25) is 4.98 Å². The van der Waals surface area contributed by atoms with Crippen LogP contribution in [0.3, 0.4) is 0 Å². The Morgan fingerprint density at radius 3 is 2.70 bits per heavy atom. The molecule has 1 saturated carbocycles. The molecule has 20 heavy (non-hydrogen) atoms. The molecule has 3 heteroatoms. The number of nitrogens with one attached hydrogen (secondary N) is 1. The third-order valence-electron chi connectivity index (χ3n) is 4.62. The molecule has 1 aliphatic carbocycles. The Labute approximate surface area is 123 Å². The molecule has 1 fully saturated rings. The van der Waals surface area contributed by atoms with Crippen LogP contribution < -0.4 is 5.32 Å². The van der Waals surface area contributed by atoms with Gasteiger partial charge < -0.3 is 10.1 Å². The zero-order valence-corrected chi connectivity index (χ0v) is 13.1. The van der Waals surface area contributed by atoms with Crippen LogP contribution in [0, 0.1) is 6.92 Å². The summed E-state index contributed by atoms with van der Waals surface area (Å²) in [5.74, 6) is 0. The van der Waals surface area contributed by atoms with Gasteiger partial charge in [-0.15, -0.1) is 0 Å². The highest BCUT2D eigenvalue weighted by atomic mass is 16.5. The largest absolute Gasteiger partial charge is 0.376 e. The minimum absolute atomic E-state index is 0.0682. The Hall–Kier alpha value is -0.930. The lowest BCUT2D eigenvalue weighted by atomic mass is 9.76. The van der Waals surface area contributed by atoms with Gasteiger partial charge in [0.05, 0.1) is 11.6 Å². The van der Waals surface area contributed by atoms with Crippen molar-refractivity contribution in [2.75, 3.05) is 13.7 Å². The van der Waals surface area contributed by atoms with Crippen LogP contribution in [0.1, 0.15) is 62.6 Å². The maximum absolute atomic E-state index is 6.06. The number of aromatic nitrogens is 1. The Balaban J connectivity index is 2.33. The summed E-state index contributed by atoms with van der Waals surface area (Å²) in [7, 11) is 1.87. The quantitative estimate of drug-likeness (QED) is 0.858. The van der Waals surface area contributed by atoms with Gasteiger partial charge in [0.25, 0.3) is 0 Å². The summed E-state index contributed by atoms with van der Waals surface area (Å²) in [6.07, 6.45) is 11.1. The molecule has 3 nitrogen and oxygen atoms in total. The van der Waals surface area contributed by atoms with E-state index >= 15 is 0 Å². The molecule has 1 aliphatic rings. The first-order valence-electron chi connectivity index (χ1n) is 7.92. The first kappa shape index (κ1) is 15.5. The molecule has 1 atom stereocenters. The fraction of sp³-hybridized carbons (Fsp3) is 0.706. The Morgan fingerprint density at radius 1 is 1.35 bits per heavy atom. The van der Waals surface area contributed by atoms with E-state index in [0.29, 0.717) is 0 Å². The maximum atomic E-state index is 6.06. The van der Waals surface area contributed by atoms with Crippen molar-refractivity contribution < 1.29 is 4.74 Å². The van der Waals surface area contributed by atoms with Crippen LogP contribution in [0.4, 0.5) is 0 Å². The first-order valence-corrected chi connectivity index (χ1v) is 7.92. The molecule has 0 aromatic carbocycles. The molecule has 0 spiro atoms. The lowest BCUT2D eigenvalue weighted by molar-refractivity contribution is -0.0689. The second kappa shape index (κ2) is 7.19. The third-order valence-corrected chi connectivity index (χ3v) is 4.62. The van der Waals surface area contributed by atoms with Crippen LogP contribution in [-0.2, 0) is 4.74 Å². The summed E-state index contributed by atoms with van der Waals surface area (Å²) in [6.45, 7) is 5.40. The Morgan fingerprint density at radius 2 is 2.10 bits per heavy atom. The molecule has 112 valence electrons. The summed E-state index contributed by atoms with van der Waals surface area (Å²) in [4.78, 5) is 4.34. The smallest absolute Gasteiger partial charge is 0.0873 e. The van der Waals surface area contributed by atoms with Crippen LogP contribution in [0.25, 0.3) is 0 Å². The Bertz CT molecular complexity index is 413. The number of pyridine rings is 1. The van der Waals surface area contributed by atoms with Crippen LogP contribution in [0.5, 0.6) is 0 Å². The lowest BCUT2D eigenvalue weighted by Gasteiger charge is -2.43. The predicted octanol–water partition coefficient (Wildman–Crippen LogP) is 3.78. The van der Waals surface area contributed by atoms with E-state index in [2.05, 4.69) is 30.2 Å². The zero-order chi connectivity index (χ0) is 14.4. The molecule has 1 aromatic rings. The summed E-state index contributed by atoms with van der Waals surface area (Å²) in [5.41, 5.74) is 2.53. The van der Waals surface area contributed by atoms with Gasteiger partial charge in [0.1, 0.15) is 0 Å². The standard InChI is InChI=1S/C17H28N2O/c1-4-11-19-16(15-13-18-12-8-14(15)2)17(20-3)9-6-5-7-10-17/h8,12-13,16,19H,4-7,9-11H2,1-3H3. The van der Waals surface area contributed by atoms with Crippen molar-refractivity contribution >= 4 is 0 Å². The van der Waals surface area contributed by atoms with Crippen molar-refractivity contribution in [3.8, 4) is 0 Å². The summed E-state index contributed by atoms with van der Waals surface area (Å²) in [5, 5.41) is 3.72. The SMILES string of the molecule is CCCNC(c1cnccc1C)C1(OC)CCCCC1. The average molecular weight is 276 g/mol. The van der Waals surface area contributed by atoms with Crippen LogP contribution in [0.2, 0.25) is 0 Å². The van der Waals surface area contributed by atoms with Gasteiger partial charge in [-0.05, 0) is 49.9 Å². The number of aryl methyl sites for hydroxylation is 1. The lowest BCUT2D eigenvalue weighted by Crippen LogP contribution is -2.47. The van der Waals surface area contributed by atoms with Crippen LogP contribution >= 0.6 is 0 Å².